The van der Waals surface area contributed by atoms with E-state index >= 15 is 0 Å². The quantitative estimate of drug-likeness (QED) is 0.398. The highest BCUT2D eigenvalue weighted by Gasteiger charge is 2.34. The molecule has 0 heterocycles. The Kier molecular flexibility index (Phi) is 8.24. The Morgan fingerprint density at radius 1 is 0.968 bits per heavy atom. The standard InChI is InChI=1S/C26H33NO3Si/c1-26(2,3)31(5,6)19-13-18-22(25(29)30-4)27-24(28)23(20-14-9-7-10-15-20)21-16-11-8-12-17-21/h7-12,14-17,22-23H,18H2,1-6H3,(H,27,28)/t22-/m0/s1. The number of esters is 1. The molecule has 1 atom stereocenters. The second kappa shape index (κ2) is 10.5. The van der Waals surface area contributed by atoms with Crippen LogP contribution in [-0.2, 0) is 14.3 Å². The van der Waals surface area contributed by atoms with Gasteiger partial charge in [0.1, 0.15) is 14.1 Å². The van der Waals surface area contributed by atoms with Gasteiger partial charge in [-0.15, -0.1) is 11.5 Å². The summed E-state index contributed by atoms with van der Waals surface area (Å²) in [6, 6.07) is 18.3. The Labute approximate surface area is 187 Å². The molecule has 0 aliphatic heterocycles. The second-order valence-electron chi connectivity index (χ2n) is 9.22. The Morgan fingerprint density at radius 2 is 1.45 bits per heavy atom. The van der Waals surface area contributed by atoms with Gasteiger partial charge in [-0.25, -0.2) is 4.79 Å². The summed E-state index contributed by atoms with van der Waals surface area (Å²) in [6.07, 6.45) is 0.223. The fourth-order valence-electron chi connectivity index (χ4n) is 2.94. The van der Waals surface area contributed by atoms with Gasteiger partial charge in [0.2, 0.25) is 5.91 Å². The average molecular weight is 436 g/mol. The van der Waals surface area contributed by atoms with E-state index < -0.39 is 26.0 Å². The number of hydrogen-bond donors (Lipinski definition) is 1. The molecule has 4 nitrogen and oxygen atoms in total. The summed E-state index contributed by atoms with van der Waals surface area (Å²) in [5.74, 6) is 1.91. The highest BCUT2D eigenvalue weighted by atomic mass is 28.3. The second-order valence-corrected chi connectivity index (χ2v) is 14.2. The van der Waals surface area contributed by atoms with E-state index in [0.29, 0.717) is 0 Å². The van der Waals surface area contributed by atoms with Crippen LogP contribution < -0.4 is 5.32 Å². The number of methoxy groups -OCH3 is 1. The van der Waals surface area contributed by atoms with E-state index in [4.69, 9.17) is 4.74 Å². The third kappa shape index (κ3) is 6.57. The van der Waals surface area contributed by atoms with Crippen molar-refractivity contribution in [2.45, 2.75) is 57.3 Å². The maximum atomic E-state index is 13.3. The van der Waals surface area contributed by atoms with Crippen molar-refractivity contribution in [1.29, 1.82) is 0 Å². The highest BCUT2D eigenvalue weighted by Crippen LogP contribution is 2.35. The molecule has 0 saturated heterocycles. The van der Waals surface area contributed by atoms with Crippen molar-refractivity contribution in [1.82, 2.24) is 5.32 Å². The van der Waals surface area contributed by atoms with Crippen LogP contribution >= 0.6 is 0 Å². The number of benzene rings is 2. The van der Waals surface area contributed by atoms with E-state index in [9.17, 15) is 9.59 Å². The van der Waals surface area contributed by atoms with Crippen LogP contribution in [0.3, 0.4) is 0 Å². The van der Waals surface area contributed by atoms with Crippen LogP contribution in [-0.4, -0.2) is 33.1 Å². The third-order valence-corrected chi connectivity index (χ3v) is 10.5. The fourth-order valence-corrected chi connectivity index (χ4v) is 3.86. The predicted octanol–water partition coefficient (Wildman–Crippen LogP) is 4.92. The summed E-state index contributed by atoms with van der Waals surface area (Å²) in [5, 5.41) is 3.01. The van der Waals surface area contributed by atoms with Crippen LogP contribution in [0.4, 0.5) is 0 Å². The molecule has 164 valence electrons. The number of hydrogen-bond acceptors (Lipinski definition) is 3. The molecule has 0 fully saturated rings. The lowest BCUT2D eigenvalue weighted by atomic mass is 9.90. The SMILES string of the molecule is COC(=O)[C@H](CC#C[Si](C)(C)C(C)(C)C)NC(=O)C(c1ccccc1)c1ccccc1. The first kappa shape index (κ1) is 24.4. The monoisotopic (exact) mass is 435 g/mol. The third-order valence-electron chi connectivity index (χ3n) is 5.91. The zero-order valence-electron chi connectivity index (χ0n) is 19.4. The van der Waals surface area contributed by atoms with Gasteiger partial charge in [0.25, 0.3) is 0 Å². The van der Waals surface area contributed by atoms with Gasteiger partial charge in [0, 0.05) is 6.42 Å². The maximum absolute atomic E-state index is 13.3. The summed E-state index contributed by atoms with van der Waals surface area (Å²) in [4.78, 5) is 25.7. The zero-order valence-corrected chi connectivity index (χ0v) is 20.4. The van der Waals surface area contributed by atoms with Crippen molar-refractivity contribution in [3.05, 3.63) is 71.8 Å². The molecule has 0 saturated carbocycles. The molecule has 2 aromatic carbocycles. The molecule has 0 unspecified atom stereocenters. The van der Waals surface area contributed by atoms with Gasteiger partial charge in [-0.05, 0) is 16.2 Å². The molecule has 0 bridgehead atoms. The molecule has 2 aromatic rings. The van der Waals surface area contributed by atoms with Crippen LogP contribution in [0.5, 0.6) is 0 Å². The van der Waals surface area contributed by atoms with E-state index in [1.165, 1.54) is 7.11 Å². The average Bonchev–Trinajstić information content (AvgIpc) is 2.73. The van der Waals surface area contributed by atoms with Gasteiger partial charge in [-0.3, -0.25) is 4.79 Å². The number of ether oxygens (including phenoxy) is 1. The van der Waals surface area contributed by atoms with Crippen molar-refractivity contribution in [2.75, 3.05) is 7.11 Å². The Bertz CT molecular complexity index is 898. The molecule has 0 aromatic heterocycles. The first-order valence-corrected chi connectivity index (χ1v) is 13.5. The first-order valence-electron chi connectivity index (χ1n) is 10.5. The molecule has 1 amide bonds. The summed E-state index contributed by atoms with van der Waals surface area (Å²) in [5.41, 5.74) is 5.13. The van der Waals surface area contributed by atoms with Crippen molar-refractivity contribution in [3.8, 4) is 11.5 Å². The minimum absolute atomic E-state index is 0.121. The highest BCUT2D eigenvalue weighted by molar-refractivity contribution is 6.87. The molecular weight excluding hydrogens is 402 g/mol. The fraction of sp³-hybridized carbons (Fsp3) is 0.385. The first-order chi connectivity index (χ1) is 14.6. The summed E-state index contributed by atoms with van der Waals surface area (Å²) < 4.78 is 4.94. The van der Waals surface area contributed by atoms with Crippen molar-refractivity contribution in [3.63, 3.8) is 0 Å². The van der Waals surface area contributed by atoms with E-state index in [0.717, 1.165) is 11.1 Å². The molecule has 5 heteroatoms. The smallest absolute Gasteiger partial charge is 0.329 e. The predicted molar refractivity (Wildman–Crippen MR) is 128 cm³/mol. The van der Waals surface area contributed by atoms with E-state index in [2.05, 4.69) is 50.6 Å². The van der Waals surface area contributed by atoms with Crippen molar-refractivity contribution in [2.24, 2.45) is 0 Å². The molecule has 0 aliphatic carbocycles. The summed E-state index contributed by atoms with van der Waals surface area (Å²) >= 11 is 0. The minimum atomic E-state index is -1.81. The van der Waals surface area contributed by atoms with Gasteiger partial charge in [0.15, 0.2) is 0 Å². The maximum Gasteiger partial charge on any atom is 0.329 e. The van der Waals surface area contributed by atoms with Crippen LogP contribution in [0, 0.1) is 11.5 Å². The molecule has 1 N–H and O–H groups in total. The Hall–Kier alpha value is -2.84. The molecular formula is C26H33NO3Si. The molecule has 0 aliphatic rings. The zero-order chi connectivity index (χ0) is 23.1. The number of rotatable bonds is 6. The van der Waals surface area contributed by atoms with Crippen LogP contribution in [0.2, 0.25) is 18.1 Å². The molecule has 2 rings (SSSR count). The number of amides is 1. The Balaban J connectivity index is 2.29. The van der Waals surface area contributed by atoms with Crippen LogP contribution in [0.15, 0.2) is 60.7 Å². The lowest BCUT2D eigenvalue weighted by molar-refractivity contribution is -0.145. The summed E-state index contributed by atoms with van der Waals surface area (Å²) in [6.45, 7) is 11.0. The van der Waals surface area contributed by atoms with E-state index in [1.54, 1.807) is 0 Å². The Morgan fingerprint density at radius 3 is 1.87 bits per heavy atom. The van der Waals surface area contributed by atoms with Crippen molar-refractivity contribution >= 4 is 20.0 Å². The van der Waals surface area contributed by atoms with Gasteiger partial charge in [-0.1, -0.05) is 94.5 Å². The number of carbonyl (C=O) groups excluding carboxylic acids is 2. The number of carbonyl (C=O) groups is 2. The van der Waals surface area contributed by atoms with Crippen LogP contribution in [0.1, 0.15) is 44.2 Å². The van der Waals surface area contributed by atoms with Crippen LogP contribution in [0.25, 0.3) is 0 Å². The lowest BCUT2D eigenvalue weighted by Crippen LogP contribution is -2.44. The normalized spacial score (nSPS) is 12.5. The van der Waals surface area contributed by atoms with Gasteiger partial charge < -0.3 is 10.1 Å². The summed E-state index contributed by atoms with van der Waals surface area (Å²) in [7, 11) is -0.482. The molecule has 0 spiro atoms. The minimum Gasteiger partial charge on any atom is -0.467 e. The van der Waals surface area contributed by atoms with E-state index in [1.807, 2.05) is 60.7 Å². The largest absolute Gasteiger partial charge is 0.467 e. The van der Waals surface area contributed by atoms with E-state index in [-0.39, 0.29) is 17.4 Å². The van der Waals surface area contributed by atoms with Gasteiger partial charge in [0.05, 0.1) is 13.0 Å². The number of nitrogens with one attached hydrogen (secondary N) is 1. The lowest BCUT2D eigenvalue weighted by Gasteiger charge is -2.31. The molecule has 0 radical (unpaired) electrons. The topological polar surface area (TPSA) is 55.4 Å². The van der Waals surface area contributed by atoms with Gasteiger partial charge >= 0.3 is 5.97 Å². The van der Waals surface area contributed by atoms with Gasteiger partial charge in [-0.2, -0.15) is 0 Å². The molecule has 31 heavy (non-hydrogen) atoms. The van der Waals surface area contributed by atoms with Crippen molar-refractivity contribution < 1.29 is 14.3 Å².